The summed E-state index contributed by atoms with van der Waals surface area (Å²) in [5.41, 5.74) is 5.01. The Bertz CT molecular complexity index is 801. The summed E-state index contributed by atoms with van der Waals surface area (Å²) in [4.78, 5) is 4.66. The Balaban J connectivity index is 1.88. The number of ether oxygens (including phenoxy) is 1. The molecule has 0 N–H and O–H groups in total. The largest absolute Gasteiger partial charge is 0.497 e. The lowest BCUT2D eigenvalue weighted by atomic mass is 9.77. The second kappa shape index (κ2) is 6.23. The Labute approximate surface area is 144 Å². The molecule has 0 spiro atoms. The zero-order valence-electron chi connectivity index (χ0n) is 15.1. The lowest BCUT2D eigenvalue weighted by Gasteiger charge is -2.20. The summed E-state index contributed by atoms with van der Waals surface area (Å²) in [6.07, 6.45) is 2.04. The van der Waals surface area contributed by atoms with Gasteiger partial charge < -0.3 is 4.74 Å². The van der Waals surface area contributed by atoms with Crippen molar-refractivity contribution in [3.63, 3.8) is 0 Å². The molecule has 24 heavy (non-hydrogen) atoms. The number of hydrogen-bond acceptors (Lipinski definition) is 2. The monoisotopic (exact) mass is 321 g/mol. The van der Waals surface area contributed by atoms with Crippen molar-refractivity contribution in [2.24, 2.45) is 10.9 Å². The molecule has 0 fully saturated rings. The van der Waals surface area contributed by atoms with Gasteiger partial charge in [-0.2, -0.15) is 0 Å². The van der Waals surface area contributed by atoms with E-state index >= 15 is 0 Å². The molecule has 1 unspecified atom stereocenters. The molecule has 3 nitrogen and oxygen atoms in total. The van der Waals surface area contributed by atoms with Gasteiger partial charge in [-0.15, -0.1) is 0 Å². The molecule has 2 aromatic rings. The van der Waals surface area contributed by atoms with E-state index in [4.69, 9.17) is 4.74 Å². The molecule has 0 aliphatic carbocycles. The highest BCUT2D eigenvalue weighted by Gasteiger charge is 2.45. The van der Waals surface area contributed by atoms with Crippen LogP contribution in [-0.2, 0) is 5.41 Å². The third-order valence-electron chi connectivity index (χ3n) is 4.89. The SMILES string of the molecule is COc1ccc(N=CC(C)C2=[N+](C)c3ccccc3C2(C)C)cc1. The van der Waals surface area contributed by atoms with Crippen LogP contribution in [0.2, 0.25) is 0 Å². The number of benzene rings is 2. The van der Waals surface area contributed by atoms with Gasteiger partial charge in [0.25, 0.3) is 0 Å². The van der Waals surface area contributed by atoms with E-state index in [9.17, 15) is 0 Å². The number of aliphatic imine (C=N–C) groups is 1. The molecular formula is C21H25N2O+. The van der Waals surface area contributed by atoms with E-state index in [1.54, 1.807) is 7.11 Å². The van der Waals surface area contributed by atoms with Gasteiger partial charge in [0, 0.05) is 17.8 Å². The molecule has 0 radical (unpaired) electrons. The Kier molecular flexibility index (Phi) is 4.27. The Morgan fingerprint density at radius 2 is 1.75 bits per heavy atom. The molecule has 0 bridgehead atoms. The van der Waals surface area contributed by atoms with Gasteiger partial charge in [0.15, 0.2) is 5.71 Å². The molecule has 1 atom stereocenters. The Hall–Kier alpha value is -2.42. The Morgan fingerprint density at radius 1 is 1.08 bits per heavy atom. The van der Waals surface area contributed by atoms with Crippen molar-refractivity contribution in [1.29, 1.82) is 0 Å². The molecule has 0 saturated carbocycles. The summed E-state index contributed by atoms with van der Waals surface area (Å²) in [5, 5.41) is 0. The quantitative estimate of drug-likeness (QED) is 0.589. The van der Waals surface area contributed by atoms with Crippen LogP contribution in [0.25, 0.3) is 0 Å². The molecule has 0 aromatic heterocycles. The van der Waals surface area contributed by atoms with Gasteiger partial charge in [-0.3, -0.25) is 4.99 Å². The minimum atomic E-state index is 0.0106. The van der Waals surface area contributed by atoms with Crippen LogP contribution in [0.1, 0.15) is 26.3 Å². The van der Waals surface area contributed by atoms with E-state index in [1.165, 1.54) is 17.0 Å². The standard InChI is InChI=1S/C21H25N2O/c1-15(14-22-16-10-12-17(24-5)13-11-16)20-21(2,3)18-8-6-7-9-19(18)23(20)4/h6-15H,1-5H3/q+1. The lowest BCUT2D eigenvalue weighted by molar-refractivity contribution is -0.404. The molecule has 3 heteroatoms. The predicted molar refractivity (Wildman–Crippen MR) is 101 cm³/mol. The van der Waals surface area contributed by atoms with Crippen molar-refractivity contribution >= 4 is 23.3 Å². The maximum Gasteiger partial charge on any atom is 0.209 e. The number of hydrogen-bond donors (Lipinski definition) is 0. The first-order valence-corrected chi connectivity index (χ1v) is 8.34. The van der Waals surface area contributed by atoms with Gasteiger partial charge >= 0.3 is 0 Å². The van der Waals surface area contributed by atoms with E-state index in [0.29, 0.717) is 0 Å². The normalized spacial score (nSPS) is 17.2. The second-order valence-electron chi connectivity index (χ2n) is 6.85. The first kappa shape index (κ1) is 16.4. The molecule has 1 aliphatic rings. The summed E-state index contributed by atoms with van der Waals surface area (Å²) in [7, 11) is 3.83. The molecule has 1 heterocycles. The zero-order valence-corrected chi connectivity index (χ0v) is 15.1. The van der Waals surface area contributed by atoms with Crippen molar-refractivity contribution in [1.82, 2.24) is 0 Å². The van der Waals surface area contributed by atoms with E-state index in [-0.39, 0.29) is 11.3 Å². The van der Waals surface area contributed by atoms with Crippen molar-refractivity contribution in [3.05, 3.63) is 54.1 Å². The van der Waals surface area contributed by atoms with Crippen LogP contribution in [0.4, 0.5) is 11.4 Å². The van der Waals surface area contributed by atoms with Crippen LogP contribution in [0.5, 0.6) is 5.75 Å². The second-order valence-corrected chi connectivity index (χ2v) is 6.85. The first-order chi connectivity index (χ1) is 11.4. The fourth-order valence-corrected chi connectivity index (χ4v) is 3.79. The summed E-state index contributed by atoms with van der Waals surface area (Å²) < 4.78 is 7.51. The van der Waals surface area contributed by atoms with Crippen molar-refractivity contribution in [2.75, 3.05) is 14.2 Å². The van der Waals surface area contributed by atoms with Crippen LogP contribution in [-0.4, -0.2) is 30.7 Å². The lowest BCUT2D eigenvalue weighted by Crippen LogP contribution is -2.34. The van der Waals surface area contributed by atoms with Crippen LogP contribution >= 0.6 is 0 Å². The van der Waals surface area contributed by atoms with Gasteiger partial charge in [0.2, 0.25) is 5.69 Å². The first-order valence-electron chi connectivity index (χ1n) is 8.34. The van der Waals surface area contributed by atoms with Gasteiger partial charge in [-0.1, -0.05) is 18.2 Å². The summed E-state index contributed by atoms with van der Waals surface area (Å²) in [6.45, 7) is 6.80. The van der Waals surface area contributed by atoms with Crippen molar-refractivity contribution in [3.8, 4) is 5.75 Å². The average Bonchev–Trinajstić information content (AvgIpc) is 2.80. The third-order valence-corrected chi connectivity index (χ3v) is 4.89. The molecule has 1 aliphatic heterocycles. The van der Waals surface area contributed by atoms with E-state index in [1.807, 2.05) is 30.5 Å². The Morgan fingerprint density at radius 3 is 2.38 bits per heavy atom. The fraction of sp³-hybridized carbons (Fsp3) is 0.333. The van der Waals surface area contributed by atoms with E-state index < -0.39 is 0 Å². The number of nitrogens with zero attached hydrogens (tertiary/aromatic N) is 2. The molecule has 0 amide bonds. The van der Waals surface area contributed by atoms with E-state index in [2.05, 4.69) is 61.7 Å². The van der Waals surface area contributed by atoms with Crippen LogP contribution in [0.15, 0.2) is 53.5 Å². The smallest absolute Gasteiger partial charge is 0.209 e. The number of fused-ring (bicyclic) bond motifs is 1. The number of para-hydroxylation sites is 1. The highest BCUT2D eigenvalue weighted by molar-refractivity contribution is 6.04. The average molecular weight is 321 g/mol. The topological polar surface area (TPSA) is 24.6 Å². The fourth-order valence-electron chi connectivity index (χ4n) is 3.79. The molecule has 3 rings (SSSR count). The van der Waals surface area contributed by atoms with Gasteiger partial charge in [0.1, 0.15) is 12.8 Å². The van der Waals surface area contributed by atoms with Crippen LogP contribution in [0, 0.1) is 5.92 Å². The number of methoxy groups -OCH3 is 1. The third kappa shape index (κ3) is 2.75. The van der Waals surface area contributed by atoms with Crippen LogP contribution < -0.4 is 4.74 Å². The van der Waals surface area contributed by atoms with E-state index in [0.717, 1.165) is 11.4 Å². The summed E-state index contributed by atoms with van der Waals surface area (Å²) >= 11 is 0. The highest BCUT2D eigenvalue weighted by atomic mass is 16.5. The maximum atomic E-state index is 5.19. The van der Waals surface area contributed by atoms with Gasteiger partial charge in [-0.25, -0.2) is 4.58 Å². The predicted octanol–water partition coefficient (Wildman–Crippen LogP) is 4.74. The van der Waals surface area contributed by atoms with Crippen molar-refractivity contribution in [2.45, 2.75) is 26.2 Å². The molecule has 124 valence electrons. The molecule has 2 aromatic carbocycles. The zero-order chi connectivity index (χ0) is 17.3. The highest BCUT2D eigenvalue weighted by Crippen LogP contribution is 2.40. The minimum Gasteiger partial charge on any atom is -0.497 e. The van der Waals surface area contributed by atoms with Gasteiger partial charge in [0.05, 0.1) is 24.1 Å². The molecule has 0 saturated heterocycles. The summed E-state index contributed by atoms with van der Waals surface area (Å²) in [6, 6.07) is 16.5. The molecular weight excluding hydrogens is 296 g/mol. The number of rotatable bonds is 4. The van der Waals surface area contributed by atoms with Crippen molar-refractivity contribution < 1.29 is 9.31 Å². The van der Waals surface area contributed by atoms with Crippen LogP contribution in [0.3, 0.4) is 0 Å². The summed E-state index contributed by atoms with van der Waals surface area (Å²) in [5.74, 6) is 1.10. The van der Waals surface area contributed by atoms with Gasteiger partial charge in [-0.05, 0) is 45.0 Å². The maximum absolute atomic E-state index is 5.19. The minimum absolute atomic E-state index is 0.0106.